The third-order valence-electron chi connectivity index (χ3n) is 6.08. The molecule has 0 N–H and O–H groups in total. The summed E-state index contributed by atoms with van der Waals surface area (Å²) in [5.41, 5.74) is 5.70. The second-order valence-electron chi connectivity index (χ2n) is 8.40. The first-order valence-electron chi connectivity index (χ1n) is 10.5. The van der Waals surface area contributed by atoms with Gasteiger partial charge in [0.1, 0.15) is 0 Å². The van der Waals surface area contributed by atoms with Crippen molar-refractivity contribution in [1.82, 2.24) is 18.7 Å². The fourth-order valence-electron chi connectivity index (χ4n) is 4.45. The first-order valence-corrected chi connectivity index (χ1v) is 10.5. The lowest BCUT2D eigenvalue weighted by Gasteiger charge is -2.19. The predicted molar refractivity (Wildman–Crippen MR) is 122 cm³/mol. The molecule has 0 aliphatic carbocycles. The maximum absolute atomic E-state index is 13.4. The van der Waals surface area contributed by atoms with Crippen LogP contribution >= 0.6 is 0 Å². The molecule has 2 aromatic heterocycles. The Labute approximate surface area is 179 Å². The Kier molecular flexibility index (Phi) is 4.36. The molecule has 0 amide bonds. The van der Waals surface area contributed by atoms with Crippen molar-refractivity contribution in [3.05, 3.63) is 85.6 Å². The van der Waals surface area contributed by atoms with Gasteiger partial charge in [0.2, 0.25) is 5.95 Å². The topological polar surface area (TPSA) is 65.1 Å². The van der Waals surface area contributed by atoms with Crippen LogP contribution < -0.4 is 16.1 Å². The van der Waals surface area contributed by atoms with Crippen molar-refractivity contribution in [2.45, 2.75) is 33.9 Å². The summed E-state index contributed by atoms with van der Waals surface area (Å²) >= 11 is 0. The zero-order chi connectivity index (χ0) is 21.9. The van der Waals surface area contributed by atoms with Crippen molar-refractivity contribution >= 4 is 22.8 Å². The van der Waals surface area contributed by atoms with Gasteiger partial charge in [0, 0.05) is 25.8 Å². The number of hydrogen-bond acceptors (Lipinski definition) is 4. The second-order valence-corrected chi connectivity index (χ2v) is 8.40. The smallest absolute Gasteiger partial charge is 0.310 e. The minimum Gasteiger partial charge on any atom is -0.310 e. The second kappa shape index (κ2) is 6.97. The summed E-state index contributed by atoms with van der Waals surface area (Å²) in [6, 6.07) is 14.2. The molecule has 1 aliphatic rings. The fourth-order valence-corrected chi connectivity index (χ4v) is 4.45. The summed E-state index contributed by atoms with van der Waals surface area (Å²) in [5, 5.41) is 0. The van der Waals surface area contributed by atoms with Gasteiger partial charge in [-0.15, -0.1) is 0 Å². The molecule has 158 valence electrons. The number of anilines is 2. The first-order chi connectivity index (χ1) is 14.8. The van der Waals surface area contributed by atoms with Gasteiger partial charge in [0.25, 0.3) is 5.56 Å². The summed E-state index contributed by atoms with van der Waals surface area (Å²) in [6.07, 6.45) is 0. The van der Waals surface area contributed by atoms with Crippen molar-refractivity contribution in [3.8, 4) is 0 Å². The molecule has 2 aromatic carbocycles. The van der Waals surface area contributed by atoms with Gasteiger partial charge in [-0.2, -0.15) is 4.98 Å². The molecule has 31 heavy (non-hydrogen) atoms. The third-order valence-corrected chi connectivity index (χ3v) is 6.08. The molecule has 0 fully saturated rings. The Hall–Kier alpha value is -3.61. The van der Waals surface area contributed by atoms with Crippen molar-refractivity contribution in [2.75, 3.05) is 11.4 Å². The van der Waals surface area contributed by atoms with E-state index in [2.05, 4.69) is 36.9 Å². The molecule has 0 atom stereocenters. The zero-order valence-electron chi connectivity index (χ0n) is 18.2. The highest BCUT2D eigenvalue weighted by atomic mass is 16.2. The first kappa shape index (κ1) is 19.4. The van der Waals surface area contributed by atoms with E-state index in [1.54, 1.807) is 7.05 Å². The lowest BCUT2D eigenvalue weighted by atomic mass is 10.1. The van der Waals surface area contributed by atoms with Crippen LogP contribution in [0.4, 0.5) is 11.6 Å². The van der Waals surface area contributed by atoms with Crippen LogP contribution in [-0.4, -0.2) is 25.2 Å². The maximum atomic E-state index is 13.4. The lowest BCUT2D eigenvalue weighted by Crippen LogP contribution is -2.40. The van der Waals surface area contributed by atoms with Crippen LogP contribution in [-0.2, 0) is 20.1 Å². The molecule has 0 saturated heterocycles. The summed E-state index contributed by atoms with van der Waals surface area (Å²) in [7, 11) is 1.68. The maximum Gasteiger partial charge on any atom is 0.332 e. The third kappa shape index (κ3) is 3.00. The van der Waals surface area contributed by atoms with E-state index in [-0.39, 0.29) is 17.8 Å². The Balaban J connectivity index is 1.69. The molecule has 0 bridgehead atoms. The normalized spacial score (nSPS) is 13.2. The fraction of sp³-hybridized carbons (Fsp3) is 0.292. The summed E-state index contributed by atoms with van der Waals surface area (Å²) in [5.74, 6) is 0.712. The molecule has 7 heteroatoms. The number of rotatable bonds is 3. The van der Waals surface area contributed by atoms with Gasteiger partial charge in [0.15, 0.2) is 11.2 Å². The Morgan fingerprint density at radius 1 is 0.968 bits per heavy atom. The number of nitrogens with zero attached hydrogens (tertiary/aromatic N) is 5. The molecule has 0 saturated carbocycles. The van der Waals surface area contributed by atoms with Gasteiger partial charge in [-0.3, -0.25) is 13.9 Å². The van der Waals surface area contributed by atoms with Gasteiger partial charge in [-0.25, -0.2) is 4.79 Å². The van der Waals surface area contributed by atoms with E-state index in [0.717, 1.165) is 28.9 Å². The van der Waals surface area contributed by atoms with Gasteiger partial charge < -0.3 is 9.47 Å². The quantitative estimate of drug-likeness (QED) is 0.516. The molecule has 3 heterocycles. The van der Waals surface area contributed by atoms with E-state index in [1.807, 2.05) is 35.8 Å². The average molecular weight is 415 g/mol. The minimum atomic E-state index is -0.353. The van der Waals surface area contributed by atoms with Crippen molar-refractivity contribution in [2.24, 2.45) is 7.05 Å². The highest BCUT2D eigenvalue weighted by Crippen LogP contribution is 2.34. The monoisotopic (exact) mass is 415 g/mol. The molecular formula is C24H25N5O2. The number of hydrogen-bond donors (Lipinski definition) is 0. The number of benzene rings is 2. The Morgan fingerprint density at radius 3 is 2.52 bits per heavy atom. The molecule has 0 radical (unpaired) electrons. The highest BCUT2D eigenvalue weighted by Gasteiger charge is 2.29. The molecule has 1 aliphatic heterocycles. The zero-order valence-corrected chi connectivity index (χ0v) is 18.2. The SMILES string of the molecule is Cc1cccc(Cn2c(=O)c3c(nc4n3CCN4c3cc(C)ccc3C)n(C)c2=O)c1. The van der Waals surface area contributed by atoms with E-state index >= 15 is 0 Å². The minimum absolute atomic E-state index is 0.240. The van der Waals surface area contributed by atoms with Gasteiger partial charge in [0.05, 0.1) is 6.54 Å². The number of aryl methyl sites for hydroxylation is 4. The molecule has 0 unspecified atom stereocenters. The van der Waals surface area contributed by atoms with Crippen LogP contribution in [0, 0.1) is 20.8 Å². The highest BCUT2D eigenvalue weighted by molar-refractivity contribution is 5.78. The van der Waals surface area contributed by atoms with Crippen molar-refractivity contribution in [3.63, 3.8) is 0 Å². The van der Waals surface area contributed by atoms with Crippen LogP contribution in [0.1, 0.15) is 22.3 Å². The molecule has 7 nitrogen and oxygen atoms in total. The van der Waals surface area contributed by atoms with E-state index in [9.17, 15) is 9.59 Å². The summed E-state index contributed by atoms with van der Waals surface area (Å²) in [6.45, 7) is 7.77. The molecule has 5 rings (SSSR count). The Morgan fingerprint density at radius 2 is 1.74 bits per heavy atom. The standard InChI is InChI=1S/C24H25N5O2/c1-15-6-5-7-18(12-15)14-29-22(30)20-21(26(4)24(29)31)25-23-27(10-11-28(20)23)19-13-16(2)8-9-17(19)3/h5-9,12-13H,10-11,14H2,1-4H3. The molecular weight excluding hydrogens is 390 g/mol. The van der Waals surface area contributed by atoms with E-state index in [1.165, 1.54) is 14.7 Å². The van der Waals surface area contributed by atoms with Gasteiger partial charge >= 0.3 is 5.69 Å². The molecule has 4 aromatic rings. The van der Waals surface area contributed by atoms with E-state index < -0.39 is 0 Å². The molecule has 0 spiro atoms. The van der Waals surface area contributed by atoms with Crippen LogP contribution in [0.2, 0.25) is 0 Å². The van der Waals surface area contributed by atoms with Crippen molar-refractivity contribution < 1.29 is 0 Å². The van der Waals surface area contributed by atoms with E-state index in [0.29, 0.717) is 23.7 Å². The number of aromatic nitrogens is 4. The average Bonchev–Trinajstić information content (AvgIpc) is 3.31. The largest absolute Gasteiger partial charge is 0.332 e. The van der Waals surface area contributed by atoms with Crippen LogP contribution in [0.15, 0.2) is 52.1 Å². The van der Waals surface area contributed by atoms with Gasteiger partial charge in [-0.1, -0.05) is 42.0 Å². The van der Waals surface area contributed by atoms with Crippen molar-refractivity contribution in [1.29, 1.82) is 0 Å². The van der Waals surface area contributed by atoms with Crippen LogP contribution in [0.5, 0.6) is 0 Å². The lowest BCUT2D eigenvalue weighted by molar-refractivity contribution is 0.652. The summed E-state index contributed by atoms with van der Waals surface area (Å²) in [4.78, 5) is 33.4. The summed E-state index contributed by atoms with van der Waals surface area (Å²) < 4.78 is 4.75. The predicted octanol–water partition coefficient (Wildman–Crippen LogP) is 3.02. The van der Waals surface area contributed by atoms with E-state index in [4.69, 9.17) is 4.98 Å². The van der Waals surface area contributed by atoms with Gasteiger partial charge in [-0.05, 0) is 43.5 Å². The van der Waals surface area contributed by atoms with Crippen LogP contribution in [0.3, 0.4) is 0 Å². The number of fused-ring (bicyclic) bond motifs is 3. The number of imidazole rings is 1. The van der Waals surface area contributed by atoms with Crippen LogP contribution in [0.25, 0.3) is 11.2 Å². The Bertz CT molecular complexity index is 1460.